The Bertz CT molecular complexity index is 613. The number of hydrogen-bond acceptors (Lipinski definition) is 4. The minimum Gasteiger partial charge on any atom is -0.430 e. The zero-order chi connectivity index (χ0) is 15.5. The quantitative estimate of drug-likeness (QED) is 0.652. The number of ether oxygens (including phenoxy) is 2. The van der Waals surface area contributed by atoms with Crippen LogP contribution in [0.15, 0.2) is 57.5 Å². The lowest BCUT2D eigenvalue weighted by molar-refractivity contribution is 0.119. The lowest BCUT2D eigenvalue weighted by Crippen LogP contribution is -2.30. The van der Waals surface area contributed by atoms with Crippen LogP contribution in [0.25, 0.3) is 0 Å². The highest BCUT2D eigenvalue weighted by Crippen LogP contribution is 2.29. The molecule has 0 unspecified atom stereocenters. The van der Waals surface area contributed by atoms with E-state index in [4.69, 9.17) is 9.47 Å². The molecule has 6 heteroatoms. The second-order valence-electron chi connectivity index (χ2n) is 4.86. The second kappa shape index (κ2) is 6.71. The van der Waals surface area contributed by atoms with Crippen molar-refractivity contribution < 1.29 is 14.3 Å². The molecular formula is C16H13Br2NO3. The molecule has 1 atom stereocenters. The van der Waals surface area contributed by atoms with Gasteiger partial charge >= 0.3 is 6.16 Å². The molecule has 22 heavy (non-hydrogen) atoms. The van der Waals surface area contributed by atoms with Gasteiger partial charge in [0.25, 0.3) is 0 Å². The van der Waals surface area contributed by atoms with Gasteiger partial charge in [0.2, 0.25) is 0 Å². The van der Waals surface area contributed by atoms with E-state index in [0.717, 1.165) is 20.3 Å². The van der Waals surface area contributed by atoms with Gasteiger partial charge in [-0.3, -0.25) is 0 Å². The summed E-state index contributed by atoms with van der Waals surface area (Å²) in [6.07, 6.45) is -0.878. The molecule has 2 aromatic rings. The average molecular weight is 427 g/mol. The highest BCUT2D eigenvalue weighted by atomic mass is 79.9. The third kappa shape index (κ3) is 3.62. The van der Waals surface area contributed by atoms with Crippen molar-refractivity contribution in [2.24, 2.45) is 0 Å². The van der Waals surface area contributed by atoms with Gasteiger partial charge < -0.3 is 14.4 Å². The fourth-order valence-corrected chi connectivity index (χ4v) is 2.79. The molecule has 2 aromatic carbocycles. The molecule has 0 spiro atoms. The molecule has 0 N–H and O–H groups in total. The van der Waals surface area contributed by atoms with E-state index < -0.39 is 6.16 Å². The van der Waals surface area contributed by atoms with E-state index in [-0.39, 0.29) is 12.7 Å². The van der Waals surface area contributed by atoms with E-state index in [1.54, 1.807) is 0 Å². The number of carbonyl (C=O) groups excluding carboxylic acids is 1. The Kier molecular flexibility index (Phi) is 4.69. The first-order valence-corrected chi connectivity index (χ1v) is 8.32. The SMILES string of the molecule is O=C1OC[C@@H](CN(c2ccc(Br)cc2)c2ccc(Br)cc2)O1. The van der Waals surface area contributed by atoms with Crippen LogP contribution in [0.2, 0.25) is 0 Å². The minimum atomic E-state index is -0.600. The highest BCUT2D eigenvalue weighted by molar-refractivity contribution is 9.10. The van der Waals surface area contributed by atoms with Gasteiger partial charge in [-0.15, -0.1) is 0 Å². The zero-order valence-electron chi connectivity index (χ0n) is 11.5. The molecule has 1 aliphatic heterocycles. The van der Waals surface area contributed by atoms with Crippen molar-refractivity contribution in [2.75, 3.05) is 18.1 Å². The van der Waals surface area contributed by atoms with Gasteiger partial charge in [0.05, 0.1) is 6.54 Å². The molecule has 1 fully saturated rings. The predicted molar refractivity (Wildman–Crippen MR) is 91.5 cm³/mol. The van der Waals surface area contributed by atoms with Crippen molar-refractivity contribution >= 4 is 49.4 Å². The number of cyclic esters (lactones) is 2. The molecule has 0 saturated carbocycles. The second-order valence-corrected chi connectivity index (χ2v) is 6.70. The Morgan fingerprint density at radius 1 is 0.955 bits per heavy atom. The third-order valence-corrected chi connectivity index (χ3v) is 4.37. The standard InChI is InChI=1S/C16H13Br2NO3/c17-11-1-5-13(6-2-11)19(9-15-10-21-16(20)22-15)14-7-3-12(18)4-8-14/h1-8,15H,9-10H2/t15-/m1/s1. The minimum absolute atomic E-state index is 0.278. The van der Waals surface area contributed by atoms with Crippen LogP contribution in [0, 0.1) is 0 Å². The summed E-state index contributed by atoms with van der Waals surface area (Å²) in [6, 6.07) is 16.0. The molecule has 0 bridgehead atoms. The molecular weight excluding hydrogens is 414 g/mol. The third-order valence-electron chi connectivity index (χ3n) is 3.31. The topological polar surface area (TPSA) is 38.8 Å². The molecule has 0 aliphatic carbocycles. The molecule has 4 nitrogen and oxygen atoms in total. The van der Waals surface area contributed by atoms with Crippen LogP contribution in [-0.4, -0.2) is 25.4 Å². The largest absolute Gasteiger partial charge is 0.508 e. The number of anilines is 2. The first-order valence-electron chi connectivity index (χ1n) is 6.74. The van der Waals surface area contributed by atoms with Crippen LogP contribution in [-0.2, 0) is 9.47 Å². The maximum absolute atomic E-state index is 11.1. The number of carbonyl (C=O) groups is 1. The summed E-state index contributed by atoms with van der Waals surface area (Å²) in [6.45, 7) is 0.817. The Labute approximate surface area is 145 Å². The van der Waals surface area contributed by atoms with Crippen LogP contribution in [0.5, 0.6) is 0 Å². The van der Waals surface area contributed by atoms with Crippen molar-refractivity contribution in [1.82, 2.24) is 0 Å². The molecule has 0 aromatic heterocycles. The lowest BCUT2D eigenvalue weighted by Gasteiger charge is -2.26. The maximum atomic E-state index is 11.1. The lowest BCUT2D eigenvalue weighted by atomic mass is 10.2. The summed E-state index contributed by atoms with van der Waals surface area (Å²) in [5.74, 6) is 0. The van der Waals surface area contributed by atoms with E-state index in [0.29, 0.717) is 6.54 Å². The maximum Gasteiger partial charge on any atom is 0.508 e. The molecule has 1 aliphatic rings. The van der Waals surface area contributed by atoms with Crippen LogP contribution < -0.4 is 4.90 Å². The van der Waals surface area contributed by atoms with Gasteiger partial charge in [0.1, 0.15) is 6.61 Å². The number of nitrogens with zero attached hydrogens (tertiary/aromatic N) is 1. The Balaban J connectivity index is 1.89. The normalized spacial score (nSPS) is 17.0. The Morgan fingerprint density at radius 3 is 1.86 bits per heavy atom. The molecule has 1 heterocycles. The van der Waals surface area contributed by atoms with Crippen LogP contribution in [0.1, 0.15) is 0 Å². The van der Waals surface area contributed by atoms with E-state index in [2.05, 4.69) is 36.8 Å². The molecule has 114 valence electrons. The van der Waals surface area contributed by atoms with Gasteiger partial charge in [-0.2, -0.15) is 0 Å². The summed E-state index contributed by atoms with van der Waals surface area (Å²) in [5.41, 5.74) is 2.04. The smallest absolute Gasteiger partial charge is 0.430 e. The molecule has 3 rings (SSSR count). The number of rotatable bonds is 4. The average Bonchev–Trinajstić information content (AvgIpc) is 2.92. The Hall–Kier alpha value is -1.53. The van der Waals surface area contributed by atoms with E-state index >= 15 is 0 Å². The van der Waals surface area contributed by atoms with Crippen molar-refractivity contribution in [1.29, 1.82) is 0 Å². The van der Waals surface area contributed by atoms with E-state index in [1.165, 1.54) is 0 Å². The molecule has 0 amide bonds. The van der Waals surface area contributed by atoms with Gasteiger partial charge in [-0.1, -0.05) is 31.9 Å². The zero-order valence-corrected chi connectivity index (χ0v) is 14.7. The van der Waals surface area contributed by atoms with Gasteiger partial charge in [0.15, 0.2) is 6.10 Å². The van der Waals surface area contributed by atoms with Crippen LogP contribution in [0.3, 0.4) is 0 Å². The van der Waals surface area contributed by atoms with Crippen molar-refractivity contribution in [3.05, 3.63) is 57.5 Å². The number of benzene rings is 2. The van der Waals surface area contributed by atoms with Crippen molar-refractivity contribution in [3.63, 3.8) is 0 Å². The number of halogens is 2. The highest BCUT2D eigenvalue weighted by Gasteiger charge is 2.27. The first-order chi connectivity index (χ1) is 10.6. The van der Waals surface area contributed by atoms with Crippen LogP contribution >= 0.6 is 31.9 Å². The summed E-state index contributed by atoms with van der Waals surface area (Å²) in [5, 5.41) is 0. The summed E-state index contributed by atoms with van der Waals surface area (Å²) >= 11 is 6.88. The summed E-state index contributed by atoms with van der Waals surface area (Å²) in [7, 11) is 0. The summed E-state index contributed by atoms with van der Waals surface area (Å²) in [4.78, 5) is 13.2. The molecule has 1 saturated heterocycles. The van der Waals surface area contributed by atoms with Gasteiger partial charge in [-0.05, 0) is 48.5 Å². The number of hydrogen-bond donors (Lipinski definition) is 0. The Morgan fingerprint density at radius 2 is 1.45 bits per heavy atom. The monoisotopic (exact) mass is 425 g/mol. The van der Waals surface area contributed by atoms with E-state index in [1.807, 2.05) is 48.5 Å². The van der Waals surface area contributed by atoms with Crippen molar-refractivity contribution in [3.8, 4) is 0 Å². The van der Waals surface area contributed by atoms with E-state index in [9.17, 15) is 4.79 Å². The fourth-order valence-electron chi connectivity index (χ4n) is 2.26. The van der Waals surface area contributed by atoms with Crippen molar-refractivity contribution in [2.45, 2.75) is 6.10 Å². The first kappa shape index (κ1) is 15.4. The predicted octanol–water partition coefficient (Wildman–Crippen LogP) is 4.89. The fraction of sp³-hybridized carbons (Fsp3) is 0.188. The van der Waals surface area contributed by atoms with Crippen LogP contribution in [0.4, 0.5) is 16.2 Å². The van der Waals surface area contributed by atoms with Gasteiger partial charge in [-0.25, -0.2) is 4.79 Å². The summed E-state index contributed by atoms with van der Waals surface area (Å²) < 4.78 is 12.1. The van der Waals surface area contributed by atoms with Gasteiger partial charge in [0, 0.05) is 20.3 Å². The molecule has 0 radical (unpaired) electrons.